The highest BCUT2D eigenvalue weighted by Crippen LogP contribution is 2.41. The highest BCUT2D eigenvalue weighted by molar-refractivity contribution is 5.84. The van der Waals surface area contributed by atoms with Gasteiger partial charge in [0.05, 0.1) is 0 Å². The molecule has 0 saturated heterocycles. The van der Waals surface area contributed by atoms with Crippen LogP contribution >= 0.6 is 0 Å². The van der Waals surface area contributed by atoms with Crippen LogP contribution in [0.15, 0.2) is 36.4 Å². The van der Waals surface area contributed by atoms with Crippen molar-refractivity contribution in [2.45, 2.75) is 44.6 Å². The molecule has 2 aromatic rings. The van der Waals surface area contributed by atoms with Gasteiger partial charge in [0, 0.05) is 12.3 Å². The Bertz CT molecular complexity index is 672. The molecule has 0 amide bonds. The molecule has 110 valence electrons. The summed E-state index contributed by atoms with van der Waals surface area (Å²) in [7, 11) is 0. The SMILES string of the molecule is CC(=O)OC1(c2ccc3c(F)cccc3c2)CCCCC1. The van der Waals surface area contributed by atoms with Crippen molar-refractivity contribution in [3.63, 3.8) is 0 Å². The van der Waals surface area contributed by atoms with Crippen LogP contribution < -0.4 is 0 Å². The molecule has 0 atom stereocenters. The lowest BCUT2D eigenvalue weighted by Gasteiger charge is -2.37. The monoisotopic (exact) mass is 286 g/mol. The maximum atomic E-state index is 13.8. The topological polar surface area (TPSA) is 26.3 Å². The first-order valence-corrected chi connectivity index (χ1v) is 7.49. The molecule has 0 unspecified atom stereocenters. The number of benzene rings is 2. The van der Waals surface area contributed by atoms with Gasteiger partial charge in [-0.15, -0.1) is 0 Å². The number of hydrogen-bond donors (Lipinski definition) is 0. The highest BCUT2D eigenvalue weighted by atomic mass is 19.1. The van der Waals surface area contributed by atoms with Gasteiger partial charge in [-0.3, -0.25) is 4.79 Å². The second-order valence-electron chi connectivity index (χ2n) is 5.82. The molecule has 1 fully saturated rings. The molecule has 0 N–H and O–H groups in total. The third kappa shape index (κ3) is 2.65. The lowest BCUT2D eigenvalue weighted by molar-refractivity contribution is -0.162. The van der Waals surface area contributed by atoms with E-state index in [-0.39, 0.29) is 11.8 Å². The number of carbonyl (C=O) groups is 1. The van der Waals surface area contributed by atoms with E-state index in [1.807, 2.05) is 18.2 Å². The highest BCUT2D eigenvalue weighted by Gasteiger charge is 2.37. The fourth-order valence-corrected chi connectivity index (χ4v) is 3.38. The predicted molar refractivity (Wildman–Crippen MR) is 80.4 cm³/mol. The zero-order chi connectivity index (χ0) is 14.9. The van der Waals surface area contributed by atoms with Crippen LogP contribution in [0.3, 0.4) is 0 Å². The van der Waals surface area contributed by atoms with Gasteiger partial charge in [-0.1, -0.05) is 30.7 Å². The van der Waals surface area contributed by atoms with Crippen LogP contribution in [0.5, 0.6) is 0 Å². The van der Waals surface area contributed by atoms with Crippen molar-refractivity contribution in [2.24, 2.45) is 0 Å². The average molecular weight is 286 g/mol. The number of carbonyl (C=O) groups excluding carboxylic acids is 1. The van der Waals surface area contributed by atoms with Crippen LogP contribution in [0, 0.1) is 5.82 Å². The molecule has 0 spiro atoms. The normalized spacial score (nSPS) is 17.6. The Labute approximate surface area is 123 Å². The summed E-state index contributed by atoms with van der Waals surface area (Å²) in [5, 5.41) is 1.46. The molecule has 0 bridgehead atoms. The van der Waals surface area contributed by atoms with Gasteiger partial charge < -0.3 is 4.74 Å². The van der Waals surface area contributed by atoms with Gasteiger partial charge >= 0.3 is 5.97 Å². The standard InChI is InChI=1S/C18H19FO2/c1-13(20)21-18(10-3-2-4-11-18)15-8-9-16-14(12-15)6-5-7-17(16)19/h5-9,12H,2-4,10-11H2,1H3. The fourth-order valence-electron chi connectivity index (χ4n) is 3.38. The maximum absolute atomic E-state index is 13.8. The van der Waals surface area contributed by atoms with E-state index in [1.165, 1.54) is 19.4 Å². The largest absolute Gasteiger partial charge is 0.454 e. The van der Waals surface area contributed by atoms with E-state index < -0.39 is 5.60 Å². The smallest absolute Gasteiger partial charge is 0.303 e. The van der Waals surface area contributed by atoms with Crippen molar-refractivity contribution in [1.29, 1.82) is 0 Å². The summed E-state index contributed by atoms with van der Waals surface area (Å²) < 4.78 is 19.5. The lowest BCUT2D eigenvalue weighted by atomic mass is 9.79. The molecule has 0 heterocycles. The average Bonchev–Trinajstić information content (AvgIpc) is 2.47. The first-order valence-electron chi connectivity index (χ1n) is 7.49. The molecule has 2 aromatic carbocycles. The van der Waals surface area contributed by atoms with Gasteiger partial charge in [0.15, 0.2) is 0 Å². The number of halogens is 1. The Kier molecular flexibility index (Phi) is 3.66. The molecule has 21 heavy (non-hydrogen) atoms. The number of ether oxygens (including phenoxy) is 1. The number of hydrogen-bond acceptors (Lipinski definition) is 2. The predicted octanol–water partition coefficient (Wildman–Crippen LogP) is 4.70. The van der Waals surface area contributed by atoms with E-state index in [1.54, 1.807) is 12.1 Å². The van der Waals surface area contributed by atoms with E-state index in [9.17, 15) is 9.18 Å². The Morgan fingerprint density at radius 3 is 2.62 bits per heavy atom. The summed E-state index contributed by atoms with van der Waals surface area (Å²) in [5.74, 6) is -0.472. The Morgan fingerprint density at radius 1 is 1.14 bits per heavy atom. The summed E-state index contributed by atoms with van der Waals surface area (Å²) in [6.45, 7) is 1.46. The molecule has 0 radical (unpaired) electrons. The van der Waals surface area contributed by atoms with Gasteiger partial charge in [-0.05, 0) is 48.8 Å². The van der Waals surface area contributed by atoms with Gasteiger partial charge in [-0.2, -0.15) is 0 Å². The van der Waals surface area contributed by atoms with Crippen molar-refractivity contribution in [3.8, 4) is 0 Å². The Balaban J connectivity index is 2.08. The molecule has 3 heteroatoms. The molecule has 1 aliphatic rings. The van der Waals surface area contributed by atoms with Gasteiger partial charge in [0.2, 0.25) is 0 Å². The van der Waals surface area contributed by atoms with E-state index in [0.717, 1.165) is 36.6 Å². The zero-order valence-corrected chi connectivity index (χ0v) is 12.2. The quantitative estimate of drug-likeness (QED) is 0.748. The van der Waals surface area contributed by atoms with Gasteiger partial charge in [-0.25, -0.2) is 4.39 Å². The minimum absolute atomic E-state index is 0.218. The fraction of sp³-hybridized carbons (Fsp3) is 0.389. The third-order valence-corrected chi connectivity index (χ3v) is 4.35. The number of fused-ring (bicyclic) bond motifs is 1. The molecular weight excluding hydrogens is 267 g/mol. The van der Waals surface area contributed by atoms with Crippen molar-refractivity contribution in [3.05, 3.63) is 47.8 Å². The maximum Gasteiger partial charge on any atom is 0.303 e. The zero-order valence-electron chi connectivity index (χ0n) is 12.2. The van der Waals surface area contributed by atoms with Crippen LogP contribution in [0.2, 0.25) is 0 Å². The molecule has 0 aromatic heterocycles. The first-order chi connectivity index (χ1) is 10.1. The molecular formula is C18H19FO2. The number of rotatable bonds is 2. The summed E-state index contributed by atoms with van der Waals surface area (Å²) in [6, 6.07) is 10.7. The Hall–Kier alpha value is -1.90. The molecule has 2 nitrogen and oxygen atoms in total. The number of esters is 1. The second kappa shape index (κ2) is 5.47. The van der Waals surface area contributed by atoms with Crippen molar-refractivity contribution < 1.29 is 13.9 Å². The molecule has 3 rings (SSSR count). The Morgan fingerprint density at radius 2 is 1.90 bits per heavy atom. The third-order valence-electron chi connectivity index (χ3n) is 4.35. The molecule has 1 aliphatic carbocycles. The molecule has 0 aliphatic heterocycles. The van der Waals surface area contributed by atoms with Crippen LogP contribution in [-0.2, 0) is 15.1 Å². The van der Waals surface area contributed by atoms with Crippen LogP contribution in [-0.4, -0.2) is 5.97 Å². The van der Waals surface area contributed by atoms with Gasteiger partial charge in [0.1, 0.15) is 11.4 Å². The van der Waals surface area contributed by atoms with Crippen LogP contribution in [0.1, 0.15) is 44.6 Å². The van der Waals surface area contributed by atoms with Gasteiger partial charge in [0.25, 0.3) is 0 Å². The second-order valence-corrected chi connectivity index (χ2v) is 5.82. The summed E-state index contributed by atoms with van der Waals surface area (Å²) in [4.78, 5) is 11.5. The summed E-state index contributed by atoms with van der Waals surface area (Å²) >= 11 is 0. The first kappa shape index (κ1) is 14.1. The molecule has 1 saturated carbocycles. The lowest BCUT2D eigenvalue weighted by Crippen LogP contribution is -2.34. The summed E-state index contributed by atoms with van der Waals surface area (Å²) in [5.41, 5.74) is 0.445. The van der Waals surface area contributed by atoms with E-state index in [0.29, 0.717) is 5.39 Å². The van der Waals surface area contributed by atoms with E-state index in [2.05, 4.69) is 0 Å². The van der Waals surface area contributed by atoms with Crippen LogP contribution in [0.4, 0.5) is 4.39 Å². The van der Waals surface area contributed by atoms with Crippen LogP contribution in [0.25, 0.3) is 10.8 Å². The van der Waals surface area contributed by atoms with Crippen molar-refractivity contribution in [1.82, 2.24) is 0 Å². The summed E-state index contributed by atoms with van der Waals surface area (Å²) in [6.07, 6.45) is 4.95. The van der Waals surface area contributed by atoms with Crippen molar-refractivity contribution >= 4 is 16.7 Å². The minimum Gasteiger partial charge on any atom is -0.454 e. The van der Waals surface area contributed by atoms with E-state index in [4.69, 9.17) is 4.74 Å². The van der Waals surface area contributed by atoms with Crippen molar-refractivity contribution in [2.75, 3.05) is 0 Å². The van der Waals surface area contributed by atoms with E-state index >= 15 is 0 Å². The minimum atomic E-state index is -0.537.